The lowest BCUT2D eigenvalue weighted by molar-refractivity contribution is 0.468. The molecule has 0 heterocycles. The normalized spacial score (nSPS) is 12.7. The average molecular weight is 262 g/mol. The second kappa shape index (κ2) is 6.53. The van der Waals surface area contributed by atoms with Gasteiger partial charge in [-0.25, -0.2) is 0 Å². The molecule has 2 heteroatoms. The predicted octanol–water partition coefficient (Wildman–Crippen LogP) is 3.07. The third-order valence-corrected chi connectivity index (χ3v) is 3.65. The second-order valence-electron chi connectivity index (χ2n) is 6.99. The fourth-order valence-electron chi connectivity index (χ4n) is 2.14. The molecule has 108 valence electrons. The van der Waals surface area contributed by atoms with Gasteiger partial charge in [0, 0.05) is 25.0 Å². The van der Waals surface area contributed by atoms with E-state index in [-0.39, 0.29) is 10.8 Å². The van der Waals surface area contributed by atoms with Crippen molar-refractivity contribution in [2.75, 3.05) is 26.7 Å². The Hall–Kier alpha value is -0.860. The fourth-order valence-corrected chi connectivity index (χ4v) is 2.14. The molecule has 1 rings (SSSR count). The Labute approximate surface area is 119 Å². The van der Waals surface area contributed by atoms with Crippen LogP contribution in [-0.2, 0) is 10.8 Å². The summed E-state index contributed by atoms with van der Waals surface area (Å²) >= 11 is 0. The largest absolute Gasteiger partial charge is 0.318 e. The monoisotopic (exact) mass is 262 g/mol. The van der Waals surface area contributed by atoms with Crippen LogP contribution in [0.25, 0.3) is 0 Å². The number of hydrogen-bond donors (Lipinski definition) is 2. The number of nitrogens with one attached hydrogen (secondary N) is 2. The van der Waals surface area contributed by atoms with Crippen molar-refractivity contribution in [3.05, 3.63) is 35.4 Å². The summed E-state index contributed by atoms with van der Waals surface area (Å²) in [6, 6.07) is 9.09. The van der Waals surface area contributed by atoms with Crippen molar-refractivity contribution in [1.82, 2.24) is 10.6 Å². The third-order valence-electron chi connectivity index (χ3n) is 3.65. The molecule has 0 saturated heterocycles. The molecular formula is C17H30N2. The third kappa shape index (κ3) is 4.96. The Balaban J connectivity index is 2.68. The van der Waals surface area contributed by atoms with Crippen molar-refractivity contribution in [1.29, 1.82) is 0 Å². The van der Waals surface area contributed by atoms with Crippen LogP contribution in [0, 0.1) is 0 Å². The summed E-state index contributed by atoms with van der Waals surface area (Å²) in [4.78, 5) is 0. The van der Waals surface area contributed by atoms with Crippen LogP contribution in [0.3, 0.4) is 0 Å². The lowest BCUT2D eigenvalue weighted by Gasteiger charge is -2.27. The summed E-state index contributed by atoms with van der Waals surface area (Å²) in [5, 5.41) is 6.66. The molecule has 0 aliphatic carbocycles. The lowest BCUT2D eigenvalue weighted by atomic mass is 9.81. The summed E-state index contributed by atoms with van der Waals surface area (Å²) in [6.07, 6.45) is 0. The molecule has 1 aromatic carbocycles. The van der Waals surface area contributed by atoms with E-state index in [2.05, 4.69) is 69.5 Å². The van der Waals surface area contributed by atoms with E-state index < -0.39 is 0 Å². The van der Waals surface area contributed by atoms with E-state index >= 15 is 0 Å². The average Bonchev–Trinajstić information content (AvgIpc) is 2.34. The molecule has 0 saturated carbocycles. The van der Waals surface area contributed by atoms with Gasteiger partial charge in [0.1, 0.15) is 0 Å². The van der Waals surface area contributed by atoms with Crippen LogP contribution in [0.2, 0.25) is 0 Å². The zero-order chi connectivity index (χ0) is 14.5. The van der Waals surface area contributed by atoms with Crippen LogP contribution >= 0.6 is 0 Å². The molecule has 0 radical (unpaired) electrons. The van der Waals surface area contributed by atoms with Crippen LogP contribution in [0.15, 0.2) is 24.3 Å². The molecule has 2 nitrogen and oxygen atoms in total. The van der Waals surface area contributed by atoms with E-state index in [0.717, 1.165) is 19.6 Å². The minimum absolute atomic E-state index is 0.171. The molecule has 0 atom stereocenters. The van der Waals surface area contributed by atoms with Crippen LogP contribution < -0.4 is 10.6 Å². The molecule has 19 heavy (non-hydrogen) atoms. The Morgan fingerprint density at radius 2 is 1.37 bits per heavy atom. The highest BCUT2D eigenvalue weighted by Crippen LogP contribution is 2.27. The van der Waals surface area contributed by atoms with Gasteiger partial charge in [-0.3, -0.25) is 0 Å². The van der Waals surface area contributed by atoms with Gasteiger partial charge in [-0.1, -0.05) is 58.9 Å². The summed E-state index contributed by atoms with van der Waals surface area (Å²) in [7, 11) is 1.98. The molecular weight excluding hydrogens is 232 g/mol. The SMILES string of the molecule is CNCCNCC(C)(C)c1ccc(C(C)(C)C)cc1. The molecule has 0 unspecified atom stereocenters. The smallest absolute Gasteiger partial charge is 0.00769 e. The van der Waals surface area contributed by atoms with E-state index in [0.29, 0.717) is 0 Å². The topological polar surface area (TPSA) is 24.1 Å². The van der Waals surface area contributed by atoms with Crippen LogP contribution in [0.5, 0.6) is 0 Å². The van der Waals surface area contributed by atoms with Crippen molar-refractivity contribution in [2.45, 2.75) is 45.4 Å². The number of benzene rings is 1. The van der Waals surface area contributed by atoms with Crippen LogP contribution in [0.4, 0.5) is 0 Å². The van der Waals surface area contributed by atoms with Crippen LogP contribution in [0.1, 0.15) is 45.7 Å². The highest BCUT2D eigenvalue weighted by atomic mass is 14.9. The van der Waals surface area contributed by atoms with Gasteiger partial charge in [0.05, 0.1) is 0 Å². The first-order valence-corrected chi connectivity index (χ1v) is 7.24. The van der Waals surface area contributed by atoms with Crippen molar-refractivity contribution in [3.63, 3.8) is 0 Å². The molecule has 0 spiro atoms. The first-order chi connectivity index (χ1) is 8.77. The molecule has 0 aliphatic rings. The summed E-state index contributed by atoms with van der Waals surface area (Å²) in [5.41, 5.74) is 3.20. The first kappa shape index (κ1) is 16.2. The van der Waals surface area contributed by atoms with Gasteiger partial charge in [-0.05, 0) is 23.6 Å². The lowest BCUT2D eigenvalue weighted by Crippen LogP contribution is -2.36. The Morgan fingerprint density at radius 1 is 0.842 bits per heavy atom. The quantitative estimate of drug-likeness (QED) is 0.770. The number of likely N-dealkylation sites (N-methyl/N-ethyl adjacent to an activating group) is 1. The van der Waals surface area contributed by atoms with Gasteiger partial charge in [0.2, 0.25) is 0 Å². The summed E-state index contributed by atoms with van der Waals surface area (Å²) < 4.78 is 0. The Kier molecular flexibility index (Phi) is 5.57. The molecule has 0 bridgehead atoms. The van der Waals surface area contributed by atoms with E-state index in [1.807, 2.05) is 7.05 Å². The summed E-state index contributed by atoms with van der Waals surface area (Å²) in [6.45, 7) is 14.4. The predicted molar refractivity (Wildman–Crippen MR) is 85.0 cm³/mol. The molecule has 0 fully saturated rings. The maximum atomic E-state index is 3.51. The molecule has 0 aliphatic heterocycles. The second-order valence-corrected chi connectivity index (χ2v) is 6.99. The maximum absolute atomic E-state index is 3.51. The van der Waals surface area contributed by atoms with Gasteiger partial charge < -0.3 is 10.6 Å². The number of hydrogen-bond acceptors (Lipinski definition) is 2. The van der Waals surface area contributed by atoms with Gasteiger partial charge in [-0.15, -0.1) is 0 Å². The van der Waals surface area contributed by atoms with Crippen molar-refractivity contribution in [2.24, 2.45) is 0 Å². The zero-order valence-electron chi connectivity index (χ0n) is 13.4. The van der Waals surface area contributed by atoms with Crippen LogP contribution in [-0.4, -0.2) is 26.7 Å². The summed E-state index contributed by atoms with van der Waals surface area (Å²) in [5.74, 6) is 0. The fraction of sp³-hybridized carbons (Fsp3) is 0.647. The standard InChI is InChI=1S/C17H30N2/c1-16(2,3)14-7-9-15(10-8-14)17(4,5)13-19-12-11-18-6/h7-10,18-19H,11-13H2,1-6H3. The first-order valence-electron chi connectivity index (χ1n) is 7.24. The molecule has 2 N–H and O–H groups in total. The Bertz CT molecular complexity index is 371. The van der Waals surface area contributed by atoms with Crippen molar-refractivity contribution in [3.8, 4) is 0 Å². The highest BCUT2D eigenvalue weighted by molar-refractivity contribution is 5.31. The van der Waals surface area contributed by atoms with Gasteiger partial charge in [0.25, 0.3) is 0 Å². The Morgan fingerprint density at radius 3 is 1.84 bits per heavy atom. The molecule has 0 amide bonds. The van der Waals surface area contributed by atoms with Gasteiger partial charge in [-0.2, -0.15) is 0 Å². The minimum Gasteiger partial charge on any atom is -0.318 e. The van der Waals surface area contributed by atoms with Crippen molar-refractivity contribution < 1.29 is 0 Å². The molecule has 1 aromatic rings. The van der Waals surface area contributed by atoms with Gasteiger partial charge in [0.15, 0.2) is 0 Å². The number of rotatable bonds is 6. The van der Waals surface area contributed by atoms with E-state index in [1.165, 1.54) is 11.1 Å². The molecule has 0 aromatic heterocycles. The zero-order valence-corrected chi connectivity index (χ0v) is 13.4. The van der Waals surface area contributed by atoms with Gasteiger partial charge >= 0.3 is 0 Å². The maximum Gasteiger partial charge on any atom is 0.00769 e. The highest BCUT2D eigenvalue weighted by Gasteiger charge is 2.21. The van der Waals surface area contributed by atoms with Crippen molar-refractivity contribution >= 4 is 0 Å². The van der Waals surface area contributed by atoms with E-state index in [4.69, 9.17) is 0 Å². The minimum atomic E-state index is 0.171. The van der Waals surface area contributed by atoms with E-state index in [1.54, 1.807) is 0 Å². The van der Waals surface area contributed by atoms with E-state index in [9.17, 15) is 0 Å².